The first kappa shape index (κ1) is 15.9. The van der Waals surface area contributed by atoms with E-state index in [2.05, 4.69) is 11.0 Å². The van der Waals surface area contributed by atoms with Crippen LogP contribution in [0.4, 0.5) is 4.39 Å². The lowest BCUT2D eigenvalue weighted by Gasteiger charge is -2.37. The van der Waals surface area contributed by atoms with Gasteiger partial charge < -0.3 is 5.73 Å². The van der Waals surface area contributed by atoms with Gasteiger partial charge in [-0.2, -0.15) is 0 Å². The van der Waals surface area contributed by atoms with Crippen LogP contribution in [0.1, 0.15) is 62.5 Å². The van der Waals surface area contributed by atoms with Gasteiger partial charge in [-0.05, 0) is 50.4 Å². The van der Waals surface area contributed by atoms with Gasteiger partial charge in [-0.1, -0.05) is 37.8 Å². The monoisotopic (exact) mass is 304 g/mol. The summed E-state index contributed by atoms with van der Waals surface area (Å²) in [5.74, 6) is -0.0403. The van der Waals surface area contributed by atoms with Crippen LogP contribution in [0, 0.1) is 5.82 Å². The Bertz CT molecular complexity index is 488. The van der Waals surface area contributed by atoms with E-state index in [0.29, 0.717) is 6.54 Å². The Morgan fingerprint density at radius 3 is 2.32 bits per heavy atom. The fraction of sp³-hybridized carbons (Fsp3) is 0.684. The molecule has 0 unspecified atom stereocenters. The van der Waals surface area contributed by atoms with Crippen LogP contribution in [-0.4, -0.2) is 24.5 Å². The summed E-state index contributed by atoms with van der Waals surface area (Å²) < 4.78 is 14.6. The molecule has 0 atom stereocenters. The van der Waals surface area contributed by atoms with Gasteiger partial charge in [-0.3, -0.25) is 4.90 Å². The number of piperidine rings is 1. The molecule has 1 saturated heterocycles. The molecule has 1 aromatic rings. The van der Waals surface area contributed by atoms with Crippen LogP contribution >= 0.6 is 0 Å². The predicted octanol–water partition coefficient (Wildman–Crippen LogP) is 3.97. The Labute approximate surface area is 133 Å². The topological polar surface area (TPSA) is 29.3 Å². The number of hydrogen-bond acceptors (Lipinski definition) is 2. The molecule has 0 bridgehead atoms. The zero-order valence-corrected chi connectivity index (χ0v) is 13.6. The van der Waals surface area contributed by atoms with E-state index in [4.69, 9.17) is 5.73 Å². The molecule has 0 aromatic heterocycles. The highest BCUT2D eigenvalue weighted by molar-refractivity contribution is 5.31. The first-order chi connectivity index (χ1) is 10.7. The molecule has 2 aliphatic rings. The molecule has 1 aliphatic carbocycles. The number of nitrogens with two attached hydrogens (primary N) is 1. The third-order valence-corrected chi connectivity index (χ3v) is 5.71. The molecular formula is C19H29FN2. The molecule has 0 amide bonds. The molecule has 122 valence electrons. The third-order valence-electron chi connectivity index (χ3n) is 5.71. The second kappa shape index (κ2) is 7.10. The summed E-state index contributed by atoms with van der Waals surface area (Å²) in [7, 11) is 0. The van der Waals surface area contributed by atoms with Crippen molar-refractivity contribution in [2.45, 2.75) is 63.3 Å². The van der Waals surface area contributed by atoms with Gasteiger partial charge in [-0.25, -0.2) is 4.39 Å². The zero-order chi connectivity index (χ0) is 15.4. The zero-order valence-electron chi connectivity index (χ0n) is 13.6. The van der Waals surface area contributed by atoms with E-state index in [0.717, 1.165) is 43.6 Å². The van der Waals surface area contributed by atoms with E-state index in [-0.39, 0.29) is 11.2 Å². The highest BCUT2D eigenvalue weighted by atomic mass is 19.1. The van der Waals surface area contributed by atoms with Crippen molar-refractivity contribution in [3.8, 4) is 0 Å². The molecule has 1 heterocycles. The van der Waals surface area contributed by atoms with Gasteiger partial charge in [0, 0.05) is 24.1 Å². The molecule has 3 heteroatoms. The second-order valence-electron chi connectivity index (χ2n) is 7.19. The van der Waals surface area contributed by atoms with Gasteiger partial charge in [0.05, 0.1) is 0 Å². The quantitative estimate of drug-likeness (QED) is 0.912. The number of likely N-dealkylation sites (tertiary alicyclic amines) is 1. The van der Waals surface area contributed by atoms with Crippen molar-refractivity contribution in [1.29, 1.82) is 0 Å². The van der Waals surface area contributed by atoms with E-state index in [1.165, 1.54) is 38.5 Å². The fourth-order valence-electron chi connectivity index (χ4n) is 4.20. The second-order valence-corrected chi connectivity index (χ2v) is 7.19. The van der Waals surface area contributed by atoms with Gasteiger partial charge in [0.2, 0.25) is 0 Å². The molecule has 1 aliphatic heterocycles. The number of nitrogens with zero attached hydrogens (tertiary/aromatic N) is 1. The van der Waals surface area contributed by atoms with Crippen LogP contribution in [-0.2, 0) is 12.0 Å². The highest BCUT2D eigenvalue weighted by Crippen LogP contribution is 2.39. The van der Waals surface area contributed by atoms with Crippen molar-refractivity contribution < 1.29 is 4.39 Å². The molecular weight excluding hydrogens is 275 g/mol. The standard InChI is InChI=1S/C19H29FN2/c20-18-13-17(19(15-21)9-3-1-4-10-19)8-7-16(18)14-22-11-5-2-6-12-22/h7-8,13H,1-6,9-12,14-15,21H2. The normalized spacial score (nSPS) is 22.6. The number of halogens is 1. The summed E-state index contributed by atoms with van der Waals surface area (Å²) in [5.41, 5.74) is 8.06. The van der Waals surface area contributed by atoms with E-state index in [1.807, 2.05) is 6.07 Å². The molecule has 2 nitrogen and oxygen atoms in total. The summed E-state index contributed by atoms with van der Waals surface area (Å²) in [6, 6.07) is 5.92. The van der Waals surface area contributed by atoms with E-state index < -0.39 is 0 Å². The Kier molecular flexibility index (Phi) is 5.14. The van der Waals surface area contributed by atoms with Crippen LogP contribution in [0.2, 0.25) is 0 Å². The lowest BCUT2D eigenvalue weighted by atomic mass is 9.69. The van der Waals surface area contributed by atoms with E-state index >= 15 is 0 Å². The maximum absolute atomic E-state index is 14.6. The first-order valence-corrected chi connectivity index (χ1v) is 8.95. The van der Waals surface area contributed by atoms with Crippen LogP contribution in [0.3, 0.4) is 0 Å². The van der Waals surface area contributed by atoms with Crippen LogP contribution < -0.4 is 5.73 Å². The SMILES string of the molecule is NCC1(c2ccc(CN3CCCCC3)c(F)c2)CCCCC1. The van der Waals surface area contributed by atoms with Crippen molar-refractivity contribution >= 4 is 0 Å². The molecule has 0 spiro atoms. The average Bonchev–Trinajstić information content (AvgIpc) is 2.58. The predicted molar refractivity (Wildman–Crippen MR) is 89.3 cm³/mol. The first-order valence-electron chi connectivity index (χ1n) is 8.95. The number of benzene rings is 1. The Morgan fingerprint density at radius 2 is 1.68 bits per heavy atom. The molecule has 1 aromatic carbocycles. The minimum absolute atomic E-state index is 0.0166. The maximum Gasteiger partial charge on any atom is 0.127 e. The molecule has 3 rings (SSSR count). The Morgan fingerprint density at radius 1 is 1.00 bits per heavy atom. The van der Waals surface area contributed by atoms with Crippen molar-refractivity contribution in [2.24, 2.45) is 5.73 Å². The van der Waals surface area contributed by atoms with Gasteiger partial charge >= 0.3 is 0 Å². The number of rotatable bonds is 4. The van der Waals surface area contributed by atoms with Gasteiger partial charge in [0.15, 0.2) is 0 Å². The number of hydrogen-bond donors (Lipinski definition) is 1. The van der Waals surface area contributed by atoms with E-state index in [1.54, 1.807) is 6.07 Å². The molecule has 0 radical (unpaired) electrons. The van der Waals surface area contributed by atoms with E-state index in [9.17, 15) is 4.39 Å². The molecule has 1 saturated carbocycles. The van der Waals surface area contributed by atoms with Gasteiger partial charge in [0.25, 0.3) is 0 Å². The lowest BCUT2D eigenvalue weighted by molar-refractivity contribution is 0.218. The average molecular weight is 304 g/mol. The Hall–Kier alpha value is -0.930. The molecule has 2 N–H and O–H groups in total. The van der Waals surface area contributed by atoms with Gasteiger partial charge in [-0.15, -0.1) is 0 Å². The van der Waals surface area contributed by atoms with Crippen LogP contribution in [0.25, 0.3) is 0 Å². The summed E-state index contributed by atoms with van der Waals surface area (Å²) >= 11 is 0. The minimum Gasteiger partial charge on any atom is -0.330 e. The summed E-state index contributed by atoms with van der Waals surface area (Å²) in [5, 5.41) is 0. The van der Waals surface area contributed by atoms with Crippen LogP contribution in [0.15, 0.2) is 18.2 Å². The smallest absolute Gasteiger partial charge is 0.127 e. The van der Waals surface area contributed by atoms with Crippen molar-refractivity contribution in [3.05, 3.63) is 35.1 Å². The summed E-state index contributed by atoms with van der Waals surface area (Å²) in [6.45, 7) is 3.60. The van der Waals surface area contributed by atoms with Crippen molar-refractivity contribution in [3.63, 3.8) is 0 Å². The molecule has 2 fully saturated rings. The minimum atomic E-state index is -0.0403. The third kappa shape index (κ3) is 3.36. The molecule has 22 heavy (non-hydrogen) atoms. The summed E-state index contributed by atoms with van der Waals surface area (Å²) in [6.07, 6.45) is 9.74. The van der Waals surface area contributed by atoms with Crippen molar-refractivity contribution in [2.75, 3.05) is 19.6 Å². The van der Waals surface area contributed by atoms with Crippen molar-refractivity contribution in [1.82, 2.24) is 4.90 Å². The maximum atomic E-state index is 14.6. The van der Waals surface area contributed by atoms with Crippen LogP contribution in [0.5, 0.6) is 0 Å². The Balaban J connectivity index is 1.76. The van der Waals surface area contributed by atoms with Gasteiger partial charge in [0.1, 0.15) is 5.82 Å². The lowest BCUT2D eigenvalue weighted by Crippen LogP contribution is -2.37. The fourth-order valence-corrected chi connectivity index (χ4v) is 4.20. The largest absolute Gasteiger partial charge is 0.330 e. The summed E-state index contributed by atoms with van der Waals surface area (Å²) in [4.78, 5) is 2.38. The highest BCUT2D eigenvalue weighted by Gasteiger charge is 2.33.